The molecule has 34 heavy (non-hydrogen) atoms. The van der Waals surface area contributed by atoms with Crippen molar-refractivity contribution >= 4 is 11.9 Å². The average Bonchev–Trinajstić information content (AvgIpc) is 3.25. The third-order valence-electron chi connectivity index (χ3n) is 5.84. The van der Waals surface area contributed by atoms with Crippen LogP contribution in [0.2, 0.25) is 0 Å². The Hall–Kier alpha value is -3.04. The topological polar surface area (TPSA) is 101 Å². The summed E-state index contributed by atoms with van der Waals surface area (Å²) >= 11 is 0. The lowest BCUT2D eigenvalue weighted by molar-refractivity contribution is -0.133. The Morgan fingerprint density at radius 2 is 1.85 bits per heavy atom. The zero-order valence-electron chi connectivity index (χ0n) is 19.4. The first kappa shape index (κ1) is 25.6. The first-order valence-electron chi connectivity index (χ1n) is 11.3. The smallest absolute Gasteiger partial charge is 0.331 e. The van der Waals surface area contributed by atoms with Crippen LogP contribution in [0.25, 0.3) is 11.3 Å². The number of hydrogen-bond acceptors (Lipinski definition) is 5. The molecule has 0 saturated carbocycles. The van der Waals surface area contributed by atoms with Crippen molar-refractivity contribution < 1.29 is 32.6 Å². The molecule has 0 bridgehead atoms. The fourth-order valence-electron chi connectivity index (χ4n) is 4.12. The first-order valence-corrected chi connectivity index (χ1v) is 11.3. The zero-order chi connectivity index (χ0) is 24.8. The molecule has 0 radical (unpaired) electrons. The second-order valence-electron chi connectivity index (χ2n) is 8.38. The van der Waals surface area contributed by atoms with Crippen LogP contribution in [-0.2, 0) is 20.9 Å². The molecule has 9 heteroatoms. The number of nitrogens with one attached hydrogen (secondary N) is 2. The average molecular weight is 477 g/mol. The van der Waals surface area contributed by atoms with Gasteiger partial charge in [0.15, 0.2) is 0 Å². The lowest BCUT2D eigenvalue weighted by Crippen LogP contribution is -2.58. The van der Waals surface area contributed by atoms with Gasteiger partial charge in [-0.3, -0.25) is 4.79 Å². The standard InChI is InChI=1S/C25H30F2N2O5/c1-4-19(5-2)33-23-11-16(25(31)32)10-21(24(23)29-14(3)30)28-13-20-6-7-22(34-20)15-8-17(26)12-18(27)9-15/h6-9,11-12,19,21,23-24,28H,4-5,10,13H2,1-3H3,(H,29,30)(H,31,32)/t21-,23+,24+/m0/s1. The number of hydrogen-bond donors (Lipinski definition) is 3. The number of halogens is 2. The Bertz CT molecular complexity index is 1030. The summed E-state index contributed by atoms with van der Waals surface area (Å²) in [6.07, 6.45) is 2.56. The van der Waals surface area contributed by atoms with Crippen LogP contribution in [0.3, 0.4) is 0 Å². The minimum absolute atomic E-state index is 0.0781. The highest BCUT2D eigenvalue weighted by Gasteiger charge is 2.37. The maximum Gasteiger partial charge on any atom is 0.331 e. The van der Waals surface area contributed by atoms with Crippen LogP contribution in [0.15, 0.2) is 46.4 Å². The molecule has 184 valence electrons. The fourth-order valence-corrected chi connectivity index (χ4v) is 4.12. The van der Waals surface area contributed by atoms with Gasteiger partial charge in [-0.2, -0.15) is 0 Å². The Balaban J connectivity index is 1.79. The number of carbonyl (C=O) groups is 2. The second-order valence-corrected chi connectivity index (χ2v) is 8.38. The molecule has 1 heterocycles. The minimum Gasteiger partial charge on any atom is -0.478 e. The summed E-state index contributed by atoms with van der Waals surface area (Å²) in [6.45, 7) is 5.59. The number of carbonyl (C=O) groups excluding carboxylic acids is 1. The predicted octanol–water partition coefficient (Wildman–Crippen LogP) is 4.18. The van der Waals surface area contributed by atoms with E-state index in [0.29, 0.717) is 11.5 Å². The van der Waals surface area contributed by atoms with Crippen molar-refractivity contribution in [2.45, 2.75) is 70.9 Å². The first-order chi connectivity index (χ1) is 16.2. The maximum atomic E-state index is 13.5. The van der Waals surface area contributed by atoms with E-state index in [2.05, 4.69) is 10.6 Å². The molecular formula is C25H30F2N2O5. The van der Waals surface area contributed by atoms with Crippen molar-refractivity contribution in [1.82, 2.24) is 10.6 Å². The number of furan rings is 1. The number of aliphatic carboxylic acids is 1. The van der Waals surface area contributed by atoms with Gasteiger partial charge in [-0.1, -0.05) is 13.8 Å². The number of carboxylic acid groups (broad SMARTS) is 1. The Morgan fingerprint density at radius 3 is 2.44 bits per heavy atom. The van der Waals surface area contributed by atoms with Gasteiger partial charge < -0.3 is 24.9 Å². The van der Waals surface area contributed by atoms with Crippen molar-refractivity contribution in [2.75, 3.05) is 0 Å². The van der Waals surface area contributed by atoms with Gasteiger partial charge in [0.2, 0.25) is 5.91 Å². The van der Waals surface area contributed by atoms with E-state index in [-0.39, 0.29) is 36.1 Å². The van der Waals surface area contributed by atoms with Gasteiger partial charge in [0, 0.05) is 30.2 Å². The summed E-state index contributed by atoms with van der Waals surface area (Å²) in [7, 11) is 0. The van der Waals surface area contributed by atoms with Crippen LogP contribution in [0.1, 0.15) is 45.8 Å². The van der Waals surface area contributed by atoms with Crippen molar-refractivity contribution in [3.63, 3.8) is 0 Å². The van der Waals surface area contributed by atoms with Crippen LogP contribution in [0.5, 0.6) is 0 Å². The fraction of sp³-hybridized carbons (Fsp3) is 0.440. The molecule has 7 nitrogen and oxygen atoms in total. The normalized spacial score (nSPS) is 20.3. The SMILES string of the molecule is CCC(CC)O[C@@H]1C=C(C(=O)O)C[C@H](NCc2ccc(-c3cc(F)cc(F)c3)o2)[C@H]1NC(C)=O. The highest BCUT2D eigenvalue weighted by Crippen LogP contribution is 2.27. The lowest BCUT2D eigenvalue weighted by atomic mass is 9.87. The molecule has 2 aromatic rings. The van der Waals surface area contributed by atoms with Crippen LogP contribution in [0.4, 0.5) is 8.78 Å². The molecule has 0 fully saturated rings. The second kappa shape index (κ2) is 11.4. The van der Waals surface area contributed by atoms with Crippen molar-refractivity contribution in [2.24, 2.45) is 0 Å². The van der Waals surface area contributed by atoms with E-state index in [4.69, 9.17) is 9.15 Å². The van der Waals surface area contributed by atoms with Gasteiger partial charge in [-0.25, -0.2) is 13.6 Å². The molecule has 1 amide bonds. The molecule has 3 N–H and O–H groups in total. The molecule has 0 spiro atoms. The number of rotatable bonds is 10. The molecule has 1 aromatic carbocycles. The zero-order valence-corrected chi connectivity index (χ0v) is 19.4. The molecular weight excluding hydrogens is 446 g/mol. The van der Waals surface area contributed by atoms with Gasteiger partial charge in [-0.15, -0.1) is 0 Å². The third kappa shape index (κ3) is 6.51. The molecule has 1 aromatic heterocycles. The van der Waals surface area contributed by atoms with Gasteiger partial charge in [0.05, 0.1) is 24.8 Å². The summed E-state index contributed by atoms with van der Waals surface area (Å²) in [5.41, 5.74) is 0.470. The van der Waals surface area contributed by atoms with E-state index in [1.54, 1.807) is 18.2 Å². The summed E-state index contributed by atoms with van der Waals surface area (Å²) in [5.74, 6) is -1.91. The summed E-state index contributed by atoms with van der Waals surface area (Å²) in [4.78, 5) is 23.7. The van der Waals surface area contributed by atoms with Crippen molar-refractivity contribution in [3.8, 4) is 11.3 Å². The molecule has 1 aliphatic rings. The lowest BCUT2D eigenvalue weighted by Gasteiger charge is -2.38. The van der Waals surface area contributed by atoms with Gasteiger partial charge >= 0.3 is 5.97 Å². The van der Waals surface area contributed by atoms with E-state index < -0.39 is 35.8 Å². The number of amides is 1. The largest absolute Gasteiger partial charge is 0.478 e. The van der Waals surface area contributed by atoms with E-state index in [1.165, 1.54) is 19.1 Å². The van der Waals surface area contributed by atoms with E-state index in [9.17, 15) is 23.5 Å². The molecule has 0 saturated heterocycles. The van der Waals surface area contributed by atoms with Crippen LogP contribution >= 0.6 is 0 Å². The number of ether oxygens (including phenoxy) is 1. The molecule has 0 aliphatic heterocycles. The van der Waals surface area contributed by atoms with E-state index in [0.717, 1.165) is 18.9 Å². The monoisotopic (exact) mass is 476 g/mol. The van der Waals surface area contributed by atoms with Gasteiger partial charge in [0.1, 0.15) is 23.2 Å². The Kier molecular flexibility index (Phi) is 8.57. The van der Waals surface area contributed by atoms with Gasteiger partial charge in [0.25, 0.3) is 0 Å². The molecule has 3 rings (SSSR count). The summed E-state index contributed by atoms with van der Waals surface area (Å²) in [5, 5.41) is 15.8. The summed E-state index contributed by atoms with van der Waals surface area (Å²) in [6, 6.07) is 5.49. The molecule has 1 aliphatic carbocycles. The van der Waals surface area contributed by atoms with Crippen LogP contribution in [-0.4, -0.2) is 41.3 Å². The molecule has 3 atom stereocenters. The van der Waals surface area contributed by atoms with E-state index >= 15 is 0 Å². The highest BCUT2D eigenvalue weighted by atomic mass is 19.1. The van der Waals surface area contributed by atoms with E-state index in [1.807, 2.05) is 13.8 Å². The summed E-state index contributed by atoms with van der Waals surface area (Å²) < 4.78 is 39.0. The quantitative estimate of drug-likeness (QED) is 0.476. The highest BCUT2D eigenvalue weighted by molar-refractivity contribution is 5.87. The third-order valence-corrected chi connectivity index (χ3v) is 5.84. The maximum absolute atomic E-state index is 13.5. The van der Waals surface area contributed by atoms with Gasteiger partial charge in [-0.05, 0) is 49.6 Å². The van der Waals surface area contributed by atoms with Crippen molar-refractivity contribution in [1.29, 1.82) is 0 Å². The molecule has 0 unspecified atom stereocenters. The minimum atomic E-state index is -1.04. The Morgan fingerprint density at radius 1 is 1.18 bits per heavy atom. The number of benzene rings is 1. The number of carboxylic acids is 1. The Labute approximate surface area is 197 Å². The van der Waals surface area contributed by atoms with Crippen molar-refractivity contribution in [3.05, 3.63) is 59.4 Å². The van der Waals surface area contributed by atoms with Crippen LogP contribution in [0, 0.1) is 11.6 Å². The predicted molar refractivity (Wildman–Crippen MR) is 122 cm³/mol. The van der Waals surface area contributed by atoms with Crippen LogP contribution < -0.4 is 10.6 Å².